The number of likely N-dealkylation sites (N-methyl/N-ethyl adjacent to an activating group) is 1. The molecule has 0 aliphatic rings. The summed E-state index contributed by atoms with van der Waals surface area (Å²) in [7, 11) is 3.07. The third-order valence-electron chi connectivity index (χ3n) is 3.54. The van der Waals surface area contributed by atoms with Crippen LogP contribution in [0, 0.1) is 0 Å². The molecule has 0 aliphatic carbocycles. The molecule has 0 atom stereocenters. The number of alkyl halides is 3. The van der Waals surface area contributed by atoms with Crippen molar-refractivity contribution in [1.82, 2.24) is 4.90 Å². The second-order valence-corrected chi connectivity index (χ2v) is 5.33. The topological polar surface area (TPSA) is 38.8 Å². The molecule has 2 aromatic carbocycles. The second kappa shape index (κ2) is 7.92. The van der Waals surface area contributed by atoms with E-state index in [4.69, 9.17) is 9.47 Å². The Bertz CT molecular complexity index is 714. The number of ether oxygens (including phenoxy) is 2. The molecule has 134 valence electrons. The average Bonchev–Trinajstić information content (AvgIpc) is 2.61. The molecular weight excluding hydrogens is 335 g/mol. The number of methoxy groups -OCH3 is 1. The van der Waals surface area contributed by atoms with Crippen LogP contribution >= 0.6 is 0 Å². The maximum absolute atomic E-state index is 12.7. The second-order valence-electron chi connectivity index (χ2n) is 5.33. The average molecular weight is 353 g/mol. The maximum atomic E-state index is 12.7. The zero-order valence-electron chi connectivity index (χ0n) is 13.8. The fourth-order valence-corrected chi connectivity index (χ4v) is 2.12. The molecule has 7 heteroatoms. The van der Waals surface area contributed by atoms with E-state index in [0.29, 0.717) is 11.5 Å². The number of halogens is 3. The molecule has 0 unspecified atom stereocenters. The van der Waals surface area contributed by atoms with Crippen LogP contribution in [0.3, 0.4) is 0 Å². The van der Waals surface area contributed by atoms with Crippen molar-refractivity contribution in [3.05, 3.63) is 59.7 Å². The maximum Gasteiger partial charge on any atom is 0.416 e. The van der Waals surface area contributed by atoms with Gasteiger partial charge in [0, 0.05) is 12.6 Å². The van der Waals surface area contributed by atoms with Gasteiger partial charge in [0.2, 0.25) is 0 Å². The van der Waals surface area contributed by atoms with E-state index >= 15 is 0 Å². The lowest BCUT2D eigenvalue weighted by Gasteiger charge is -2.18. The standard InChI is InChI=1S/C18H18F3NO3/c1-22(10-11-25-16-8-6-15(24-2)7-9-16)17(23)13-4-3-5-14(12-13)18(19,20)21/h3-9,12H,10-11H2,1-2H3. The molecule has 0 N–H and O–H groups in total. The largest absolute Gasteiger partial charge is 0.497 e. The van der Waals surface area contributed by atoms with Gasteiger partial charge < -0.3 is 14.4 Å². The van der Waals surface area contributed by atoms with Gasteiger partial charge in [-0.05, 0) is 42.5 Å². The van der Waals surface area contributed by atoms with Crippen LogP contribution in [0.5, 0.6) is 11.5 Å². The van der Waals surface area contributed by atoms with Crippen LogP contribution in [0.4, 0.5) is 13.2 Å². The van der Waals surface area contributed by atoms with E-state index in [0.717, 1.165) is 12.1 Å². The lowest BCUT2D eigenvalue weighted by Crippen LogP contribution is -2.31. The number of hydrogen-bond donors (Lipinski definition) is 0. The smallest absolute Gasteiger partial charge is 0.416 e. The van der Waals surface area contributed by atoms with E-state index in [1.54, 1.807) is 31.4 Å². The summed E-state index contributed by atoms with van der Waals surface area (Å²) in [5, 5.41) is 0. The van der Waals surface area contributed by atoms with Crippen LogP contribution in [0.15, 0.2) is 48.5 Å². The Labute approximate surface area is 143 Å². The Kier molecular flexibility index (Phi) is 5.90. The van der Waals surface area contributed by atoms with Crippen molar-refractivity contribution in [3.8, 4) is 11.5 Å². The van der Waals surface area contributed by atoms with Gasteiger partial charge in [0.15, 0.2) is 0 Å². The van der Waals surface area contributed by atoms with Crippen molar-refractivity contribution in [2.24, 2.45) is 0 Å². The summed E-state index contributed by atoms with van der Waals surface area (Å²) in [6, 6.07) is 11.3. The van der Waals surface area contributed by atoms with Gasteiger partial charge in [0.1, 0.15) is 18.1 Å². The van der Waals surface area contributed by atoms with Crippen LogP contribution in [0.1, 0.15) is 15.9 Å². The predicted molar refractivity (Wildman–Crippen MR) is 86.9 cm³/mol. The highest BCUT2D eigenvalue weighted by molar-refractivity contribution is 5.94. The van der Waals surface area contributed by atoms with Gasteiger partial charge in [-0.15, -0.1) is 0 Å². The third-order valence-corrected chi connectivity index (χ3v) is 3.54. The van der Waals surface area contributed by atoms with Crippen molar-refractivity contribution in [2.75, 3.05) is 27.3 Å². The van der Waals surface area contributed by atoms with Crippen molar-refractivity contribution in [2.45, 2.75) is 6.18 Å². The molecule has 0 saturated heterocycles. The lowest BCUT2D eigenvalue weighted by molar-refractivity contribution is -0.137. The minimum atomic E-state index is -4.48. The molecule has 25 heavy (non-hydrogen) atoms. The molecule has 0 bridgehead atoms. The summed E-state index contributed by atoms with van der Waals surface area (Å²) in [4.78, 5) is 13.6. The SMILES string of the molecule is COc1ccc(OCCN(C)C(=O)c2cccc(C(F)(F)F)c2)cc1. The molecule has 1 amide bonds. The summed E-state index contributed by atoms with van der Waals surface area (Å²) in [5.74, 6) is 0.814. The lowest BCUT2D eigenvalue weighted by atomic mass is 10.1. The molecule has 2 rings (SSSR count). The molecule has 0 heterocycles. The van der Waals surface area contributed by atoms with E-state index in [2.05, 4.69) is 0 Å². The zero-order chi connectivity index (χ0) is 18.4. The number of nitrogens with zero attached hydrogens (tertiary/aromatic N) is 1. The number of benzene rings is 2. The Morgan fingerprint density at radius 3 is 2.32 bits per heavy atom. The van der Waals surface area contributed by atoms with E-state index in [1.165, 1.54) is 24.1 Å². The molecule has 0 fully saturated rings. The van der Waals surface area contributed by atoms with Gasteiger partial charge >= 0.3 is 6.18 Å². The van der Waals surface area contributed by atoms with E-state index < -0.39 is 17.6 Å². The van der Waals surface area contributed by atoms with Crippen molar-refractivity contribution >= 4 is 5.91 Å². The minimum absolute atomic E-state index is 0.0122. The number of carbonyl (C=O) groups excluding carboxylic acids is 1. The molecule has 2 aromatic rings. The van der Waals surface area contributed by atoms with Crippen LogP contribution in [0.25, 0.3) is 0 Å². The molecule has 0 aromatic heterocycles. The molecule has 0 saturated carbocycles. The highest BCUT2D eigenvalue weighted by atomic mass is 19.4. The van der Waals surface area contributed by atoms with Gasteiger partial charge in [-0.3, -0.25) is 4.79 Å². The van der Waals surface area contributed by atoms with Crippen LogP contribution in [-0.2, 0) is 6.18 Å². The summed E-state index contributed by atoms with van der Waals surface area (Å²) in [6.07, 6.45) is -4.48. The number of amides is 1. The minimum Gasteiger partial charge on any atom is -0.497 e. The third kappa shape index (κ3) is 5.14. The monoisotopic (exact) mass is 353 g/mol. The first kappa shape index (κ1) is 18.6. The Hall–Kier alpha value is -2.70. The van der Waals surface area contributed by atoms with Gasteiger partial charge in [-0.25, -0.2) is 0 Å². The van der Waals surface area contributed by atoms with Gasteiger partial charge in [0.25, 0.3) is 5.91 Å². The highest BCUT2D eigenvalue weighted by Crippen LogP contribution is 2.29. The quantitative estimate of drug-likeness (QED) is 0.791. The first-order valence-electron chi connectivity index (χ1n) is 7.51. The number of hydrogen-bond acceptors (Lipinski definition) is 3. The molecular formula is C18H18F3NO3. The van der Waals surface area contributed by atoms with Gasteiger partial charge in [0.05, 0.1) is 19.2 Å². The van der Waals surface area contributed by atoms with Crippen LogP contribution in [-0.4, -0.2) is 38.1 Å². The fraction of sp³-hybridized carbons (Fsp3) is 0.278. The van der Waals surface area contributed by atoms with E-state index in [1.807, 2.05) is 0 Å². The predicted octanol–water partition coefficient (Wildman–Crippen LogP) is 3.87. The fourth-order valence-electron chi connectivity index (χ4n) is 2.12. The van der Waals surface area contributed by atoms with Crippen molar-refractivity contribution in [3.63, 3.8) is 0 Å². The van der Waals surface area contributed by atoms with Crippen LogP contribution in [0.2, 0.25) is 0 Å². The van der Waals surface area contributed by atoms with Gasteiger partial charge in [-0.2, -0.15) is 13.2 Å². The Morgan fingerprint density at radius 1 is 1.08 bits per heavy atom. The van der Waals surface area contributed by atoms with E-state index in [-0.39, 0.29) is 18.7 Å². The zero-order valence-corrected chi connectivity index (χ0v) is 13.8. The van der Waals surface area contributed by atoms with Gasteiger partial charge in [-0.1, -0.05) is 6.07 Å². The summed E-state index contributed by atoms with van der Waals surface area (Å²) in [5.41, 5.74) is -0.858. The highest BCUT2D eigenvalue weighted by Gasteiger charge is 2.31. The molecule has 4 nitrogen and oxygen atoms in total. The van der Waals surface area contributed by atoms with Crippen molar-refractivity contribution in [1.29, 1.82) is 0 Å². The summed E-state index contributed by atoms with van der Waals surface area (Å²) in [6.45, 7) is 0.453. The van der Waals surface area contributed by atoms with Crippen molar-refractivity contribution < 1.29 is 27.4 Å². The number of rotatable bonds is 6. The van der Waals surface area contributed by atoms with E-state index in [9.17, 15) is 18.0 Å². The Morgan fingerprint density at radius 2 is 1.72 bits per heavy atom. The Balaban J connectivity index is 1.91. The normalized spacial score (nSPS) is 11.1. The summed E-state index contributed by atoms with van der Waals surface area (Å²) < 4.78 is 48.7. The first-order valence-corrected chi connectivity index (χ1v) is 7.51. The first-order chi connectivity index (χ1) is 11.8. The molecule has 0 spiro atoms. The summed E-state index contributed by atoms with van der Waals surface area (Å²) >= 11 is 0. The molecule has 0 radical (unpaired) electrons. The molecule has 0 aliphatic heterocycles. The van der Waals surface area contributed by atoms with Crippen LogP contribution < -0.4 is 9.47 Å². The number of carbonyl (C=O) groups is 1.